The van der Waals surface area contributed by atoms with Crippen molar-refractivity contribution >= 4 is 6.09 Å². The standard InChI is InChI=1S/C27H34N4O3/c1-18(2)19-7-9-21(10-8-19)27(33,22-13-20(14-28-15-22)23-11-12-29-30-23)26(6)16-31(17-26)24(32)34-25(3,4)5/h7-15,18,33H,16-17H2,1-6H3,(H,29,30)/t27-/m0/s1. The predicted octanol–water partition coefficient (Wildman–Crippen LogP) is 5.09. The summed E-state index contributed by atoms with van der Waals surface area (Å²) in [5, 5.41) is 19.5. The van der Waals surface area contributed by atoms with Crippen LogP contribution in [-0.4, -0.2) is 50.0 Å². The van der Waals surface area contributed by atoms with Crippen LogP contribution in [0, 0.1) is 5.41 Å². The molecule has 1 fully saturated rings. The lowest BCUT2D eigenvalue weighted by Gasteiger charge is -2.56. The van der Waals surface area contributed by atoms with Crippen LogP contribution in [-0.2, 0) is 10.3 Å². The minimum Gasteiger partial charge on any atom is -0.444 e. The molecule has 7 heteroatoms. The van der Waals surface area contributed by atoms with Gasteiger partial charge in [-0.3, -0.25) is 10.1 Å². The van der Waals surface area contributed by atoms with Gasteiger partial charge in [-0.2, -0.15) is 5.10 Å². The Labute approximate surface area is 201 Å². The van der Waals surface area contributed by atoms with Crippen LogP contribution in [0.5, 0.6) is 0 Å². The summed E-state index contributed by atoms with van der Waals surface area (Å²) < 4.78 is 5.55. The number of hydrogen-bond acceptors (Lipinski definition) is 5. The Morgan fingerprint density at radius 2 is 1.79 bits per heavy atom. The smallest absolute Gasteiger partial charge is 0.410 e. The number of likely N-dealkylation sites (tertiary alicyclic amines) is 1. The van der Waals surface area contributed by atoms with Crippen molar-refractivity contribution in [2.45, 2.75) is 58.7 Å². The highest BCUT2D eigenvalue weighted by atomic mass is 16.6. The molecule has 3 heterocycles. The SMILES string of the molecule is CC(C)c1ccc([C@](O)(c2cncc(-c3ccn[nH]3)c2)C2(C)CN(C(=O)OC(C)(C)C)C2)cc1. The van der Waals surface area contributed by atoms with Crippen molar-refractivity contribution in [3.8, 4) is 11.3 Å². The van der Waals surface area contributed by atoms with Crippen LogP contribution in [0.4, 0.5) is 4.79 Å². The van der Waals surface area contributed by atoms with Crippen LogP contribution < -0.4 is 0 Å². The fourth-order valence-corrected chi connectivity index (χ4v) is 4.66. The zero-order chi connectivity index (χ0) is 24.7. The van der Waals surface area contributed by atoms with E-state index in [1.807, 2.05) is 52.0 Å². The second-order valence-electron chi connectivity index (χ2n) is 10.8. The number of nitrogens with zero attached hydrogens (tertiary/aromatic N) is 3. The average molecular weight is 463 g/mol. The molecule has 1 atom stereocenters. The molecule has 1 saturated heterocycles. The second-order valence-corrected chi connectivity index (χ2v) is 10.8. The molecule has 4 rings (SSSR count). The minimum atomic E-state index is -1.37. The number of aromatic nitrogens is 3. The van der Waals surface area contributed by atoms with Crippen molar-refractivity contribution in [3.05, 3.63) is 71.7 Å². The van der Waals surface area contributed by atoms with E-state index in [1.165, 1.54) is 5.56 Å². The Morgan fingerprint density at radius 1 is 1.12 bits per heavy atom. The van der Waals surface area contributed by atoms with Gasteiger partial charge in [-0.25, -0.2) is 4.79 Å². The number of ether oxygens (including phenoxy) is 1. The molecule has 0 spiro atoms. The van der Waals surface area contributed by atoms with Gasteiger partial charge in [0.25, 0.3) is 0 Å². The molecule has 2 N–H and O–H groups in total. The molecule has 7 nitrogen and oxygen atoms in total. The van der Waals surface area contributed by atoms with E-state index in [1.54, 1.807) is 23.5 Å². The first-order valence-electron chi connectivity index (χ1n) is 11.7. The molecular formula is C27H34N4O3. The Balaban J connectivity index is 1.74. The lowest BCUT2D eigenvalue weighted by Crippen LogP contribution is -2.66. The summed E-state index contributed by atoms with van der Waals surface area (Å²) in [5.74, 6) is 0.384. The fraction of sp³-hybridized carbons (Fsp3) is 0.444. The molecule has 1 aliphatic heterocycles. The number of pyridine rings is 1. The van der Waals surface area contributed by atoms with Gasteiger partial charge >= 0.3 is 6.09 Å². The Bertz CT molecular complexity index is 1140. The minimum absolute atomic E-state index is 0.360. The number of H-pyrrole nitrogens is 1. The highest BCUT2D eigenvalue weighted by Gasteiger charge is 2.58. The monoisotopic (exact) mass is 462 g/mol. The quantitative estimate of drug-likeness (QED) is 0.551. The van der Waals surface area contributed by atoms with Crippen molar-refractivity contribution in [1.29, 1.82) is 0 Å². The first-order chi connectivity index (χ1) is 15.9. The Kier molecular flexibility index (Phi) is 6.02. The number of rotatable bonds is 5. The van der Waals surface area contributed by atoms with E-state index in [0.717, 1.165) is 16.8 Å². The van der Waals surface area contributed by atoms with Crippen molar-refractivity contribution in [2.24, 2.45) is 5.41 Å². The van der Waals surface area contributed by atoms with Gasteiger partial charge in [0.1, 0.15) is 11.2 Å². The van der Waals surface area contributed by atoms with Gasteiger partial charge in [-0.1, -0.05) is 45.0 Å². The lowest BCUT2D eigenvalue weighted by molar-refractivity contribution is -0.131. The van der Waals surface area contributed by atoms with Crippen LogP contribution in [0.15, 0.2) is 55.0 Å². The Morgan fingerprint density at radius 3 is 2.35 bits per heavy atom. The third-order valence-electron chi connectivity index (χ3n) is 6.57. The van der Waals surface area contributed by atoms with Gasteiger partial charge in [0, 0.05) is 48.2 Å². The zero-order valence-corrected chi connectivity index (χ0v) is 20.8. The molecule has 0 aliphatic carbocycles. The summed E-state index contributed by atoms with van der Waals surface area (Å²) in [6.45, 7) is 12.6. The molecule has 0 bridgehead atoms. The second kappa shape index (κ2) is 8.55. The maximum absolute atomic E-state index is 12.7. The van der Waals surface area contributed by atoms with Crippen molar-refractivity contribution in [1.82, 2.24) is 20.1 Å². The number of aliphatic hydroxyl groups is 1. The third-order valence-corrected chi connectivity index (χ3v) is 6.57. The van der Waals surface area contributed by atoms with E-state index in [-0.39, 0.29) is 6.09 Å². The van der Waals surface area contributed by atoms with Crippen LogP contribution in [0.2, 0.25) is 0 Å². The summed E-state index contributed by atoms with van der Waals surface area (Å²) in [6.07, 6.45) is 4.77. The average Bonchev–Trinajstić information content (AvgIpc) is 3.30. The fourth-order valence-electron chi connectivity index (χ4n) is 4.66. The van der Waals surface area contributed by atoms with Crippen LogP contribution in [0.1, 0.15) is 64.2 Å². The lowest BCUT2D eigenvalue weighted by atomic mass is 9.62. The molecule has 1 aromatic carbocycles. The molecular weight excluding hydrogens is 428 g/mol. The summed E-state index contributed by atoms with van der Waals surface area (Å²) in [4.78, 5) is 18.7. The van der Waals surface area contributed by atoms with Crippen molar-refractivity contribution < 1.29 is 14.6 Å². The molecule has 1 amide bonds. The molecule has 0 unspecified atom stereocenters. The van der Waals surface area contributed by atoms with Crippen molar-refractivity contribution in [2.75, 3.05) is 13.1 Å². The number of hydrogen-bond donors (Lipinski definition) is 2. The molecule has 0 radical (unpaired) electrons. The van der Waals surface area contributed by atoms with Crippen LogP contribution in [0.25, 0.3) is 11.3 Å². The molecule has 0 saturated carbocycles. The van der Waals surface area contributed by atoms with E-state index in [4.69, 9.17) is 4.74 Å². The number of carbonyl (C=O) groups excluding carboxylic acids is 1. The molecule has 3 aromatic rings. The predicted molar refractivity (Wildman–Crippen MR) is 131 cm³/mol. The first kappa shape index (κ1) is 24.0. The summed E-state index contributed by atoms with van der Waals surface area (Å²) in [6, 6.07) is 11.9. The van der Waals surface area contributed by atoms with Crippen LogP contribution >= 0.6 is 0 Å². The summed E-state index contributed by atoms with van der Waals surface area (Å²) >= 11 is 0. The molecule has 1 aliphatic rings. The highest BCUT2D eigenvalue weighted by molar-refractivity contribution is 5.70. The van der Waals surface area contributed by atoms with E-state index in [2.05, 4.69) is 41.2 Å². The highest BCUT2D eigenvalue weighted by Crippen LogP contribution is 2.51. The van der Waals surface area contributed by atoms with Gasteiger partial charge in [-0.05, 0) is 49.9 Å². The zero-order valence-electron chi connectivity index (χ0n) is 20.8. The van der Waals surface area contributed by atoms with E-state index < -0.39 is 16.6 Å². The molecule has 2 aromatic heterocycles. The number of carbonyl (C=O) groups is 1. The van der Waals surface area contributed by atoms with Crippen LogP contribution in [0.3, 0.4) is 0 Å². The van der Waals surface area contributed by atoms with Gasteiger partial charge in [0.2, 0.25) is 0 Å². The third kappa shape index (κ3) is 4.32. The molecule has 34 heavy (non-hydrogen) atoms. The largest absolute Gasteiger partial charge is 0.444 e. The van der Waals surface area contributed by atoms with E-state index in [0.29, 0.717) is 24.6 Å². The topological polar surface area (TPSA) is 91.3 Å². The normalized spacial score (nSPS) is 17.2. The van der Waals surface area contributed by atoms with Crippen molar-refractivity contribution in [3.63, 3.8) is 0 Å². The van der Waals surface area contributed by atoms with E-state index in [9.17, 15) is 9.90 Å². The van der Waals surface area contributed by atoms with Gasteiger partial charge in [0.05, 0.1) is 5.69 Å². The molecule has 180 valence electrons. The summed E-state index contributed by atoms with van der Waals surface area (Å²) in [5.41, 5.74) is 1.70. The number of benzene rings is 1. The number of aromatic amines is 1. The number of amides is 1. The maximum atomic E-state index is 12.7. The Hall–Kier alpha value is -3.19. The first-order valence-corrected chi connectivity index (χ1v) is 11.7. The van der Waals surface area contributed by atoms with E-state index >= 15 is 0 Å². The van der Waals surface area contributed by atoms with Gasteiger partial charge < -0.3 is 14.7 Å². The van der Waals surface area contributed by atoms with Gasteiger partial charge in [-0.15, -0.1) is 0 Å². The number of nitrogens with one attached hydrogen (secondary N) is 1. The maximum Gasteiger partial charge on any atom is 0.410 e. The van der Waals surface area contributed by atoms with Gasteiger partial charge in [0.15, 0.2) is 0 Å². The summed E-state index contributed by atoms with van der Waals surface area (Å²) in [7, 11) is 0.